The molecule has 1 saturated heterocycles. The average molecular weight is 599 g/mol. The van der Waals surface area contributed by atoms with Crippen LogP contribution < -0.4 is 14.9 Å². The number of carbonyl (C=O) groups is 2. The summed E-state index contributed by atoms with van der Waals surface area (Å²) in [4.78, 5) is 28.4. The van der Waals surface area contributed by atoms with Crippen LogP contribution in [0.1, 0.15) is 27.9 Å². The third-order valence-electron chi connectivity index (χ3n) is 7.11. The van der Waals surface area contributed by atoms with E-state index in [2.05, 4.69) is 29.8 Å². The number of hydrogen-bond acceptors (Lipinski definition) is 7. The van der Waals surface area contributed by atoms with Gasteiger partial charge in [-0.2, -0.15) is 0 Å². The van der Waals surface area contributed by atoms with E-state index < -0.39 is 27.8 Å². The first-order valence-electron chi connectivity index (χ1n) is 13.7. The van der Waals surface area contributed by atoms with Crippen LogP contribution in [-0.4, -0.2) is 80.6 Å². The van der Waals surface area contributed by atoms with Gasteiger partial charge < -0.3 is 9.64 Å². The summed E-state index contributed by atoms with van der Waals surface area (Å²) in [6.45, 7) is 3.31. The third-order valence-corrected chi connectivity index (χ3v) is 8.55. The van der Waals surface area contributed by atoms with E-state index in [-0.39, 0.29) is 43.5 Å². The van der Waals surface area contributed by atoms with Crippen LogP contribution in [0.25, 0.3) is 0 Å². The summed E-state index contributed by atoms with van der Waals surface area (Å²) in [7, 11) is -3.97. The Hall–Kier alpha value is -3.84. The standard InChI is InChI=1S/C30H35FN4O6S/c1-22-4-2-5-23(20-22)6-3-19-41-26-11-13-27(14-12-26)42(39,40)32-21-28(29(36)33-38)34-15-17-35(18-16-34)30(37)24-7-9-25(31)10-8-24/h2,4-5,7-14,20,28,32,38H,3,6,15-19,21H2,1H3,(H,33,36). The minimum Gasteiger partial charge on any atom is -0.494 e. The first-order valence-corrected chi connectivity index (χ1v) is 15.2. The van der Waals surface area contributed by atoms with Gasteiger partial charge in [0.05, 0.1) is 11.5 Å². The highest BCUT2D eigenvalue weighted by Gasteiger charge is 2.32. The van der Waals surface area contributed by atoms with Gasteiger partial charge in [-0.3, -0.25) is 19.7 Å². The number of carbonyl (C=O) groups excluding carboxylic acids is 2. The molecule has 0 radical (unpaired) electrons. The Balaban J connectivity index is 1.28. The molecule has 0 aliphatic carbocycles. The number of hydrogen-bond donors (Lipinski definition) is 3. The molecule has 1 fully saturated rings. The van der Waals surface area contributed by atoms with Crippen LogP contribution in [0.15, 0.2) is 77.7 Å². The predicted octanol–water partition coefficient (Wildman–Crippen LogP) is 2.76. The topological polar surface area (TPSA) is 128 Å². The maximum Gasteiger partial charge on any atom is 0.262 e. The van der Waals surface area contributed by atoms with Crippen molar-refractivity contribution < 1.29 is 32.3 Å². The van der Waals surface area contributed by atoms with Gasteiger partial charge >= 0.3 is 0 Å². The Kier molecular flexibility index (Phi) is 10.6. The van der Waals surface area contributed by atoms with E-state index in [1.807, 2.05) is 6.07 Å². The normalized spacial score (nSPS) is 14.8. The van der Waals surface area contributed by atoms with Gasteiger partial charge in [0.2, 0.25) is 10.0 Å². The molecule has 0 bridgehead atoms. The van der Waals surface area contributed by atoms with Crippen molar-refractivity contribution in [3.63, 3.8) is 0 Å². The van der Waals surface area contributed by atoms with Gasteiger partial charge in [0.15, 0.2) is 0 Å². The summed E-state index contributed by atoms with van der Waals surface area (Å²) in [5.74, 6) is -0.933. The molecule has 1 atom stereocenters. The Labute approximate surface area is 245 Å². The lowest BCUT2D eigenvalue weighted by Gasteiger charge is -2.38. The molecule has 0 aromatic heterocycles. The van der Waals surface area contributed by atoms with Crippen LogP contribution in [0.2, 0.25) is 0 Å². The van der Waals surface area contributed by atoms with E-state index in [0.29, 0.717) is 17.9 Å². The lowest BCUT2D eigenvalue weighted by Crippen LogP contribution is -2.58. The molecule has 1 aliphatic heterocycles. The molecule has 10 nitrogen and oxygen atoms in total. The number of piperazine rings is 1. The van der Waals surface area contributed by atoms with Crippen molar-refractivity contribution in [2.45, 2.75) is 30.7 Å². The number of sulfonamides is 1. The number of amides is 2. The van der Waals surface area contributed by atoms with Gasteiger partial charge in [-0.1, -0.05) is 29.8 Å². The van der Waals surface area contributed by atoms with Crippen molar-refractivity contribution in [1.29, 1.82) is 0 Å². The molecule has 1 heterocycles. The highest BCUT2D eigenvalue weighted by atomic mass is 32.2. The van der Waals surface area contributed by atoms with Gasteiger partial charge in [-0.05, 0) is 73.9 Å². The maximum absolute atomic E-state index is 13.2. The molecule has 3 aromatic rings. The smallest absolute Gasteiger partial charge is 0.262 e. The molecule has 3 N–H and O–H groups in total. The molecule has 1 unspecified atom stereocenters. The molecule has 2 amide bonds. The van der Waals surface area contributed by atoms with Crippen molar-refractivity contribution in [2.24, 2.45) is 0 Å². The summed E-state index contributed by atoms with van der Waals surface area (Å²) < 4.78 is 47.3. The molecule has 42 heavy (non-hydrogen) atoms. The summed E-state index contributed by atoms with van der Waals surface area (Å²) in [6.07, 6.45) is 1.69. The molecule has 4 rings (SSSR count). The second kappa shape index (κ2) is 14.4. The first-order chi connectivity index (χ1) is 20.2. The fourth-order valence-corrected chi connectivity index (χ4v) is 5.83. The zero-order valence-corrected chi connectivity index (χ0v) is 24.1. The monoisotopic (exact) mass is 598 g/mol. The second-order valence-corrected chi connectivity index (χ2v) is 11.9. The van der Waals surface area contributed by atoms with Crippen molar-refractivity contribution in [3.8, 4) is 5.75 Å². The molecular weight excluding hydrogens is 563 g/mol. The largest absolute Gasteiger partial charge is 0.494 e. The van der Waals surface area contributed by atoms with E-state index >= 15 is 0 Å². The third kappa shape index (κ3) is 8.35. The summed E-state index contributed by atoms with van der Waals surface area (Å²) in [6, 6.07) is 18.5. The number of halogens is 1. The molecule has 12 heteroatoms. The van der Waals surface area contributed by atoms with Gasteiger partial charge in [0.1, 0.15) is 17.6 Å². The van der Waals surface area contributed by atoms with Gasteiger partial charge in [-0.15, -0.1) is 0 Å². The number of ether oxygens (including phenoxy) is 1. The van der Waals surface area contributed by atoms with Crippen LogP contribution >= 0.6 is 0 Å². The Morgan fingerprint density at radius 2 is 1.69 bits per heavy atom. The first kappa shape index (κ1) is 31.1. The molecule has 0 spiro atoms. The molecule has 1 aliphatic rings. The SMILES string of the molecule is Cc1cccc(CCCOc2ccc(S(=O)(=O)NCC(C(=O)NO)N3CCN(C(=O)c4ccc(F)cc4)CC3)cc2)c1. The summed E-state index contributed by atoms with van der Waals surface area (Å²) >= 11 is 0. The number of nitrogens with zero attached hydrogens (tertiary/aromatic N) is 2. The lowest BCUT2D eigenvalue weighted by atomic mass is 10.1. The van der Waals surface area contributed by atoms with Gasteiger partial charge in [0.25, 0.3) is 11.8 Å². The molecule has 0 saturated carbocycles. The lowest BCUT2D eigenvalue weighted by molar-refractivity contribution is -0.135. The number of nitrogens with one attached hydrogen (secondary N) is 2. The van der Waals surface area contributed by atoms with Crippen molar-refractivity contribution in [3.05, 3.63) is 95.3 Å². The van der Waals surface area contributed by atoms with Gasteiger partial charge in [-0.25, -0.2) is 23.0 Å². The highest BCUT2D eigenvalue weighted by Crippen LogP contribution is 2.18. The van der Waals surface area contributed by atoms with E-state index in [9.17, 15) is 27.6 Å². The molecular formula is C30H35FN4O6S. The van der Waals surface area contributed by atoms with Crippen LogP contribution in [0, 0.1) is 12.7 Å². The number of hydroxylamine groups is 1. The number of rotatable bonds is 12. The summed E-state index contributed by atoms with van der Waals surface area (Å²) in [5, 5.41) is 9.28. The second-order valence-electron chi connectivity index (χ2n) is 10.1. The van der Waals surface area contributed by atoms with Crippen LogP contribution in [0.3, 0.4) is 0 Å². The summed E-state index contributed by atoms with van der Waals surface area (Å²) in [5.41, 5.74) is 4.39. The predicted molar refractivity (Wildman–Crippen MR) is 154 cm³/mol. The van der Waals surface area contributed by atoms with E-state index in [1.165, 1.54) is 47.5 Å². The number of aryl methyl sites for hydroxylation is 2. The fourth-order valence-electron chi connectivity index (χ4n) is 4.79. The average Bonchev–Trinajstić information content (AvgIpc) is 3.00. The van der Waals surface area contributed by atoms with Crippen molar-refractivity contribution >= 4 is 21.8 Å². The van der Waals surface area contributed by atoms with Crippen LogP contribution in [0.4, 0.5) is 4.39 Å². The minimum atomic E-state index is -3.97. The van der Waals surface area contributed by atoms with Crippen LogP contribution in [-0.2, 0) is 21.2 Å². The van der Waals surface area contributed by atoms with Crippen LogP contribution in [0.5, 0.6) is 5.75 Å². The quantitative estimate of drug-likeness (QED) is 0.166. The highest BCUT2D eigenvalue weighted by molar-refractivity contribution is 7.89. The maximum atomic E-state index is 13.2. The number of benzene rings is 3. The zero-order chi connectivity index (χ0) is 30.1. The molecule has 3 aromatic carbocycles. The minimum absolute atomic E-state index is 0.00693. The zero-order valence-electron chi connectivity index (χ0n) is 23.3. The van der Waals surface area contributed by atoms with Gasteiger partial charge in [0, 0.05) is 38.3 Å². The van der Waals surface area contributed by atoms with Crippen molar-refractivity contribution in [1.82, 2.24) is 20.0 Å². The van der Waals surface area contributed by atoms with E-state index in [4.69, 9.17) is 4.74 Å². The van der Waals surface area contributed by atoms with E-state index in [1.54, 1.807) is 27.4 Å². The Morgan fingerprint density at radius 1 is 1.00 bits per heavy atom. The van der Waals surface area contributed by atoms with E-state index in [0.717, 1.165) is 12.8 Å². The Morgan fingerprint density at radius 3 is 2.33 bits per heavy atom. The fraction of sp³-hybridized carbons (Fsp3) is 0.333. The van der Waals surface area contributed by atoms with Crippen molar-refractivity contribution in [2.75, 3.05) is 39.3 Å². The Bertz CT molecular complexity index is 1460. The molecule has 224 valence electrons.